The predicted molar refractivity (Wildman–Crippen MR) is 67.9 cm³/mol. The third kappa shape index (κ3) is 2.13. The van der Waals surface area contributed by atoms with Crippen molar-refractivity contribution in [3.8, 4) is 29.4 Å². The normalized spacial score (nSPS) is 9.63. The van der Waals surface area contributed by atoms with Gasteiger partial charge in [0.2, 0.25) is 0 Å². The maximum absolute atomic E-state index is 8.87. The van der Waals surface area contributed by atoms with E-state index in [1.54, 1.807) is 18.6 Å². The van der Waals surface area contributed by atoms with Crippen LogP contribution in [0.25, 0.3) is 11.5 Å². The number of hydrogen-bond donors (Lipinski definition) is 1. The summed E-state index contributed by atoms with van der Waals surface area (Å²) in [6, 6.07) is 5.75. The van der Waals surface area contributed by atoms with Gasteiger partial charge in [0.05, 0.1) is 5.56 Å². The van der Waals surface area contributed by atoms with Crippen LogP contribution in [0.4, 0.5) is 0 Å². The second-order valence-electron chi connectivity index (χ2n) is 3.76. The van der Waals surface area contributed by atoms with Crippen molar-refractivity contribution in [2.45, 2.75) is 0 Å². The van der Waals surface area contributed by atoms with E-state index < -0.39 is 0 Å². The van der Waals surface area contributed by atoms with Gasteiger partial charge in [0.1, 0.15) is 17.5 Å². The van der Waals surface area contributed by atoms with E-state index in [4.69, 9.17) is 5.26 Å². The summed E-state index contributed by atoms with van der Waals surface area (Å²) in [5.41, 5.74) is 2.50. The molecule has 88 valence electrons. The monoisotopic (exact) mass is 245 g/mol. The highest BCUT2D eigenvalue weighted by Crippen LogP contribution is 2.19. The third-order valence-corrected chi connectivity index (χ3v) is 2.51. The first-order valence-corrected chi connectivity index (χ1v) is 5.53. The second-order valence-corrected chi connectivity index (χ2v) is 3.76. The van der Waals surface area contributed by atoms with E-state index in [1.807, 2.05) is 18.2 Å². The molecule has 1 N–H and O–H groups in total. The number of pyridine rings is 1. The number of aromatic amines is 1. The number of nitriles is 1. The van der Waals surface area contributed by atoms with Gasteiger partial charge in [0, 0.05) is 30.4 Å². The number of H-pyrrole nitrogens is 1. The lowest BCUT2D eigenvalue weighted by atomic mass is 10.2. The van der Waals surface area contributed by atoms with Crippen LogP contribution >= 0.6 is 0 Å². The molecule has 5 nitrogen and oxygen atoms in total. The Balaban J connectivity index is 1.98. The van der Waals surface area contributed by atoms with Gasteiger partial charge in [-0.05, 0) is 18.1 Å². The molecule has 0 radical (unpaired) electrons. The topological polar surface area (TPSA) is 78.2 Å². The third-order valence-electron chi connectivity index (χ3n) is 2.51. The highest BCUT2D eigenvalue weighted by atomic mass is 14.9. The van der Waals surface area contributed by atoms with Crippen molar-refractivity contribution in [1.82, 2.24) is 19.9 Å². The first-order valence-electron chi connectivity index (χ1n) is 5.53. The summed E-state index contributed by atoms with van der Waals surface area (Å²) in [5, 5.41) is 8.87. The van der Waals surface area contributed by atoms with Crippen molar-refractivity contribution in [2.75, 3.05) is 0 Å². The fraction of sp³-hybridized carbons (Fsp3) is 0. The number of rotatable bonds is 0. The summed E-state index contributed by atoms with van der Waals surface area (Å²) >= 11 is 0. The van der Waals surface area contributed by atoms with Crippen molar-refractivity contribution >= 4 is 0 Å². The van der Waals surface area contributed by atoms with Gasteiger partial charge >= 0.3 is 0 Å². The molecule has 3 rings (SSSR count). The first kappa shape index (κ1) is 10.9. The smallest absolute Gasteiger partial charge is 0.178 e. The van der Waals surface area contributed by atoms with Gasteiger partial charge in [-0.15, -0.1) is 0 Å². The lowest BCUT2D eigenvalue weighted by Crippen LogP contribution is -1.93. The zero-order chi connectivity index (χ0) is 13.1. The zero-order valence-electron chi connectivity index (χ0n) is 9.75. The molecule has 0 fully saturated rings. The molecule has 0 aromatic carbocycles. The number of nitrogens with one attached hydrogen (secondary N) is 1. The highest BCUT2D eigenvalue weighted by molar-refractivity contribution is 5.62. The molecule has 0 bridgehead atoms. The molecule has 19 heavy (non-hydrogen) atoms. The molecule has 0 saturated heterocycles. The molecule has 0 amide bonds. The molecule has 0 spiro atoms. The summed E-state index contributed by atoms with van der Waals surface area (Å²) < 4.78 is 0. The number of fused-ring (bicyclic) bond motifs is 1. The van der Waals surface area contributed by atoms with Crippen molar-refractivity contribution in [3.05, 3.63) is 53.7 Å². The van der Waals surface area contributed by atoms with E-state index >= 15 is 0 Å². The van der Waals surface area contributed by atoms with E-state index in [9.17, 15) is 0 Å². The average Bonchev–Trinajstić information content (AvgIpc) is 2.88. The molecule has 0 unspecified atom stereocenters. The second kappa shape index (κ2) is 4.59. The van der Waals surface area contributed by atoms with Crippen LogP contribution in [0.2, 0.25) is 0 Å². The van der Waals surface area contributed by atoms with Crippen LogP contribution in [0.5, 0.6) is 0 Å². The van der Waals surface area contributed by atoms with Gasteiger partial charge in [-0.25, -0.2) is 9.97 Å². The van der Waals surface area contributed by atoms with E-state index in [2.05, 4.69) is 31.8 Å². The van der Waals surface area contributed by atoms with E-state index in [0.29, 0.717) is 22.8 Å². The van der Waals surface area contributed by atoms with E-state index in [1.165, 1.54) is 6.20 Å². The number of nitrogens with zero attached hydrogens (tertiary/aromatic N) is 4. The molecule has 0 saturated carbocycles. The molecule has 1 aromatic rings. The van der Waals surface area contributed by atoms with Gasteiger partial charge in [-0.1, -0.05) is 5.92 Å². The van der Waals surface area contributed by atoms with Gasteiger partial charge < -0.3 is 4.98 Å². The average molecular weight is 245 g/mol. The minimum absolute atomic E-state index is 0.481. The van der Waals surface area contributed by atoms with Crippen LogP contribution in [-0.2, 0) is 0 Å². The van der Waals surface area contributed by atoms with Crippen molar-refractivity contribution in [1.29, 1.82) is 5.26 Å². The molecule has 2 aliphatic heterocycles. The van der Waals surface area contributed by atoms with Crippen molar-refractivity contribution in [3.63, 3.8) is 0 Å². The quantitative estimate of drug-likeness (QED) is 0.610. The number of hydrogen-bond acceptors (Lipinski definition) is 4. The van der Waals surface area contributed by atoms with Gasteiger partial charge in [-0.3, -0.25) is 4.98 Å². The minimum atomic E-state index is 0.481. The Bertz CT molecular complexity index is 786. The highest BCUT2D eigenvalue weighted by Gasteiger charge is 2.12. The Morgan fingerprint density at radius 2 is 2.16 bits per heavy atom. The maximum Gasteiger partial charge on any atom is 0.178 e. The van der Waals surface area contributed by atoms with E-state index in [0.717, 1.165) is 5.56 Å². The summed E-state index contributed by atoms with van der Waals surface area (Å²) in [5.74, 6) is 6.38. The predicted octanol–water partition coefficient (Wildman–Crippen LogP) is 1.58. The van der Waals surface area contributed by atoms with Crippen LogP contribution in [-0.4, -0.2) is 19.9 Å². The van der Waals surface area contributed by atoms with Crippen molar-refractivity contribution in [2.24, 2.45) is 0 Å². The lowest BCUT2D eigenvalue weighted by Gasteiger charge is -1.97. The molecular formula is C14H7N5. The Morgan fingerprint density at radius 1 is 1.21 bits per heavy atom. The SMILES string of the molecule is N#Cc1cnc2nc(C#Cc3cccnc3)c[nH]c1-2. The molecule has 3 heterocycles. The zero-order valence-corrected chi connectivity index (χ0v) is 9.75. The molecule has 0 aliphatic carbocycles. The standard InChI is InChI=1S/C14H7N5/c15-6-11-8-18-14-13(11)17-9-12(19-14)4-3-10-2-1-5-16-7-10/h1-2,5,7-9,17H. The first-order chi connectivity index (χ1) is 9.36. The van der Waals surface area contributed by atoms with Crippen LogP contribution in [0.3, 0.4) is 0 Å². The fourth-order valence-electron chi connectivity index (χ4n) is 1.61. The maximum atomic E-state index is 8.87. The molecule has 1 aromatic heterocycles. The van der Waals surface area contributed by atoms with Crippen LogP contribution < -0.4 is 0 Å². The molecular weight excluding hydrogens is 238 g/mol. The Kier molecular flexibility index (Phi) is 2.65. The largest absolute Gasteiger partial charge is 0.355 e. The Labute approximate surface area is 109 Å². The van der Waals surface area contributed by atoms with E-state index in [-0.39, 0.29) is 0 Å². The van der Waals surface area contributed by atoms with Gasteiger partial charge in [0.25, 0.3) is 0 Å². The summed E-state index contributed by atoms with van der Waals surface area (Å²) in [6.07, 6.45) is 6.53. The van der Waals surface area contributed by atoms with Crippen molar-refractivity contribution < 1.29 is 0 Å². The summed E-state index contributed by atoms with van der Waals surface area (Å²) in [4.78, 5) is 15.3. The Morgan fingerprint density at radius 3 is 2.95 bits per heavy atom. The fourth-order valence-corrected chi connectivity index (χ4v) is 1.61. The molecule has 5 heteroatoms. The lowest BCUT2D eigenvalue weighted by molar-refractivity contribution is 1.13. The summed E-state index contributed by atoms with van der Waals surface area (Å²) in [7, 11) is 0. The van der Waals surface area contributed by atoms with Gasteiger partial charge in [0.15, 0.2) is 5.82 Å². The van der Waals surface area contributed by atoms with Crippen LogP contribution in [0.15, 0.2) is 36.9 Å². The van der Waals surface area contributed by atoms with Crippen LogP contribution in [0.1, 0.15) is 16.8 Å². The molecule has 0 atom stereocenters. The Hall–Kier alpha value is -3.18. The van der Waals surface area contributed by atoms with Gasteiger partial charge in [-0.2, -0.15) is 5.26 Å². The molecule has 2 aliphatic rings. The minimum Gasteiger partial charge on any atom is -0.355 e. The summed E-state index contributed by atoms with van der Waals surface area (Å²) in [6.45, 7) is 0. The number of aromatic nitrogens is 4. The van der Waals surface area contributed by atoms with Crippen LogP contribution in [0, 0.1) is 23.2 Å².